The van der Waals surface area contributed by atoms with Crippen molar-refractivity contribution < 1.29 is 9.59 Å². The molecule has 0 aromatic carbocycles. The van der Waals surface area contributed by atoms with Crippen LogP contribution in [0.15, 0.2) is 30.6 Å². The van der Waals surface area contributed by atoms with Crippen LogP contribution in [-0.4, -0.2) is 57.8 Å². The quantitative estimate of drug-likeness (QED) is 0.784. The van der Waals surface area contributed by atoms with E-state index in [0.29, 0.717) is 19.6 Å². The average molecular weight is 368 g/mol. The van der Waals surface area contributed by atoms with Gasteiger partial charge in [0.2, 0.25) is 5.91 Å². The van der Waals surface area contributed by atoms with Crippen molar-refractivity contribution in [2.75, 3.05) is 31.5 Å². The third-order valence-corrected chi connectivity index (χ3v) is 4.29. The summed E-state index contributed by atoms with van der Waals surface area (Å²) in [6.07, 6.45) is 5.50. The Labute approximate surface area is 158 Å². The van der Waals surface area contributed by atoms with E-state index in [9.17, 15) is 9.59 Å². The summed E-state index contributed by atoms with van der Waals surface area (Å²) in [6, 6.07) is 5.89. The van der Waals surface area contributed by atoms with Crippen LogP contribution in [-0.2, 0) is 11.2 Å². The highest BCUT2D eigenvalue weighted by Crippen LogP contribution is 2.10. The van der Waals surface area contributed by atoms with Crippen LogP contribution in [0.1, 0.15) is 34.7 Å². The van der Waals surface area contributed by atoms with Gasteiger partial charge in [0.15, 0.2) is 0 Å². The van der Waals surface area contributed by atoms with Gasteiger partial charge in [0.25, 0.3) is 5.91 Å². The highest BCUT2D eigenvalue weighted by molar-refractivity contribution is 5.94. The maximum Gasteiger partial charge on any atom is 0.274 e. The maximum atomic E-state index is 12.8. The van der Waals surface area contributed by atoms with E-state index in [0.717, 1.165) is 36.5 Å². The van der Waals surface area contributed by atoms with Crippen LogP contribution in [0.25, 0.3) is 0 Å². The van der Waals surface area contributed by atoms with Crippen molar-refractivity contribution in [3.63, 3.8) is 0 Å². The number of carbonyl (C=O) groups excluding carboxylic acids is 2. The highest BCUT2D eigenvalue weighted by Gasteiger charge is 2.20. The van der Waals surface area contributed by atoms with Crippen molar-refractivity contribution in [3.8, 4) is 0 Å². The topological polar surface area (TPSA) is 100 Å². The van der Waals surface area contributed by atoms with Crippen molar-refractivity contribution in [2.24, 2.45) is 0 Å². The molecule has 0 atom stereocenters. The monoisotopic (exact) mass is 368 g/mol. The molecule has 0 fully saturated rings. The Morgan fingerprint density at radius 1 is 1.11 bits per heavy atom. The summed E-state index contributed by atoms with van der Waals surface area (Å²) in [6.45, 7) is 3.34. The summed E-state index contributed by atoms with van der Waals surface area (Å²) in [7, 11) is 0. The van der Waals surface area contributed by atoms with E-state index >= 15 is 0 Å². The molecule has 0 saturated heterocycles. The van der Waals surface area contributed by atoms with E-state index < -0.39 is 0 Å². The summed E-state index contributed by atoms with van der Waals surface area (Å²) in [5, 5.41) is 6.03. The summed E-state index contributed by atoms with van der Waals surface area (Å²) in [5.74, 6) is 0.348. The van der Waals surface area contributed by atoms with Gasteiger partial charge >= 0.3 is 0 Å². The van der Waals surface area contributed by atoms with Crippen molar-refractivity contribution >= 4 is 17.6 Å². The summed E-state index contributed by atoms with van der Waals surface area (Å²) < 4.78 is 0. The first-order chi connectivity index (χ1) is 13.1. The molecule has 2 bridgehead atoms. The molecule has 8 heteroatoms. The number of amides is 2. The minimum atomic E-state index is -0.275. The van der Waals surface area contributed by atoms with Gasteiger partial charge in [-0.3, -0.25) is 14.6 Å². The van der Waals surface area contributed by atoms with Gasteiger partial charge < -0.3 is 15.5 Å². The highest BCUT2D eigenvalue weighted by atomic mass is 16.2. The fraction of sp³-hybridized carbons (Fsp3) is 0.421. The van der Waals surface area contributed by atoms with Gasteiger partial charge in [-0.25, -0.2) is 9.97 Å². The maximum absolute atomic E-state index is 12.8. The van der Waals surface area contributed by atoms with Gasteiger partial charge in [-0.05, 0) is 38.3 Å². The molecule has 0 saturated carbocycles. The predicted molar refractivity (Wildman–Crippen MR) is 101 cm³/mol. The fourth-order valence-corrected chi connectivity index (χ4v) is 2.87. The number of nitrogens with zero attached hydrogens (tertiary/aromatic N) is 4. The van der Waals surface area contributed by atoms with E-state index in [1.807, 2.05) is 25.1 Å². The van der Waals surface area contributed by atoms with Crippen molar-refractivity contribution in [1.82, 2.24) is 25.2 Å². The minimum Gasteiger partial charge on any atom is -0.368 e. The van der Waals surface area contributed by atoms with E-state index in [1.54, 1.807) is 6.20 Å². The number of hydrogen-bond acceptors (Lipinski definition) is 6. The Bertz CT molecular complexity index is 793. The van der Waals surface area contributed by atoms with Crippen LogP contribution in [0.5, 0.6) is 0 Å². The molecule has 0 spiro atoms. The van der Waals surface area contributed by atoms with Crippen LogP contribution < -0.4 is 10.6 Å². The largest absolute Gasteiger partial charge is 0.368 e. The van der Waals surface area contributed by atoms with E-state index in [2.05, 4.69) is 25.6 Å². The third kappa shape index (κ3) is 5.47. The number of anilines is 1. The number of aromatic nitrogens is 3. The van der Waals surface area contributed by atoms with E-state index in [-0.39, 0.29) is 24.1 Å². The van der Waals surface area contributed by atoms with Crippen molar-refractivity contribution in [3.05, 3.63) is 47.7 Å². The Morgan fingerprint density at radius 3 is 2.78 bits per heavy atom. The molecule has 1 aliphatic heterocycles. The number of pyridine rings is 1. The lowest BCUT2D eigenvalue weighted by Gasteiger charge is -2.22. The molecule has 3 rings (SSSR count). The number of carbonyl (C=O) groups is 2. The lowest BCUT2D eigenvalue weighted by molar-refractivity contribution is -0.121. The Morgan fingerprint density at radius 2 is 1.96 bits per heavy atom. The molecule has 142 valence electrons. The van der Waals surface area contributed by atoms with Gasteiger partial charge in [-0.2, -0.15) is 0 Å². The summed E-state index contributed by atoms with van der Waals surface area (Å²) >= 11 is 0. The fourth-order valence-electron chi connectivity index (χ4n) is 2.87. The lowest BCUT2D eigenvalue weighted by Crippen LogP contribution is -2.42. The molecule has 2 aromatic rings. The van der Waals surface area contributed by atoms with Gasteiger partial charge in [0.1, 0.15) is 11.5 Å². The first-order valence-electron chi connectivity index (χ1n) is 9.16. The second kappa shape index (κ2) is 9.07. The Kier molecular flexibility index (Phi) is 6.30. The van der Waals surface area contributed by atoms with Gasteiger partial charge in [0.05, 0.1) is 18.4 Å². The number of aryl methyl sites for hydroxylation is 2. The lowest BCUT2D eigenvalue weighted by atomic mass is 10.1. The summed E-state index contributed by atoms with van der Waals surface area (Å²) in [4.78, 5) is 39.4. The predicted octanol–water partition coefficient (Wildman–Crippen LogP) is 1.19. The number of fused-ring (bicyclic) bond motifs is 2. The van der Waals surface area contributed by atoms with Crippen molar-refractivity contribution in [2.45, 2.75) is 26.2 Å². The van der Waals surface area contributed by atoms with Crippen LogP contribution in [0.3, 0.4) is 0 Å². The normalized spacial score (nSPS) is 16.0. The zero-order valence-electron chi connectivity index (χ0n) is 15.4. The molecule has 2 aromatic heterocycles. The molecule has 0 unspecified atom stereocenters. The molecular formula is C19H24N6O2. The number of rotatable bonds is 1. The molecule has 3 heterocycles. The summed E-state index contributed by atoms with van der Waals surface area (Å²) in [5.41, 5.74) is 2.02. The average Bonchev–Trinajstić information content (AvgIpc) is 2.67. The third-order valence-electron chi connectivity index (χ3n) is 4.29. The zero-order valence-corrected chi connectivity index (χ0v) is 15.4. The molecule has 2 N–H and O–H groups in total. The standard InChI is InChI=1S/C19H24N6O2/c1-14-11-23-16(12-22-14)19(27)25-10-3-2-5-15-6-4-7-17(24-15)20-8-9-21-18(26)13-25/h4,6-7,11-12H,2-3,5,8-10,13H2,1H3,(H,20,24)(H,21,26). The molecule has 0 aliphatic carbocycles. The molecule has 2 amide bonds. The van der Waals surface area contributed by atoms with Crippen LogP contribution >= 0.6 is 0 Å². The molecular weight excluding hydrogens is 344 g/mol. The second-order valence-corrected chi connectivity index (χ2v) is 6.52. The minimum absolute atomic E-state index is 0.0118. The second-order valence-electron chi connectivity index (χ2n) is 6.52. The molecule has 8 nitrogen and oxygen atoms in total. The van der Waals surface area contributed by atoms with Crippen LogP contribution in [0.4, 0.5) is 5.82 Å². The SMILES string of the molecule is Cc1cnc(C(=O)N2CCCCc3cccc(n3)NCCNC(=O)C2)cn1. The van der Waals surface area contributed by atoms with E-state index in [4.69, 9.17) is 0 Å². The van der Waals surface area contributed by atoms with Crippen LogP contribution in [0, 0.1) is 6.92 Å². The van der Waals surface area contributed by atoms with Gasteiger partial charge in [-0.15, -0.1) is 0 Å². The number of hydrogen-bond donors (Lipinski definition) is 2. The van der Waals surface area contributed by atoms with Crippen molar-refractivity contribution in [1.29, 1.82) is 0 Å². The van der Waals surface area contributed by atoms with Gasteiger partial charge in [0, 0.05) is 31.5 Å². The number of nitrogens with one attached hydrogen (secondary N) is 2. The van der Waals surface area contributed by atoms with Gasteiger partial charge in [-0.1, -0.05) is 6.07 Å². The Balaban J connectivity index is 1.70. The zero-order chi connectivity index (χ0) is 19.1. The molecule has 0 radical (unpaired) electrons. The first-order valence-corrected chi connectivity index (χ1v) is 9.16. The first kappa shape index (κ1) is 18.8. The van der Waals surface area contributed by atoms with E-state index in [1.165, 1.54) is 11.1 Å². The molecule has 27 heavy (non-hydrogen) atoms. The smallest absolute Gasteiger partial charge is 0.274 e. The van der Waals surface area contributed by atoms with Crippen LogP contribution in [0.2, 0.25) is 0 Å². The molecule has 1 aliphatic rings. The Hall–Kier alpha value is -3.03.